The summed E-state index contributed by atoms with van der Waals surface area (Å²) in [7, 11) is 1.55. The SMILES string of the molecule is C=CC(=O)OCCCCCCOc1ccc(C(=O)Oc2ccc(OC(=O)c3ccc(OC)cc3)cc2C)cc1. The van der Waals surface area contributed by atoms with E-state index in [0.717, 1.165) is 31.8 Å². The van der Waals surface area contributed by atoms with E-state index in [4.69, 9.17) is 23.7 Å². The second-order valence-electron chi connectivity index (χ2n) is 8.59. The van der Waals surface area contributed by atoms with Gasteiger partial charge in [0.15, 0.2) is 0 Å². The van der Waals surface area contributed by atoms with Gasteiger partial charge < -0.3 is 23.7 Å². The second kappa shape index (κ2) is 15.0. The van der Waals surface area contributed by atoms with Crippen molar-refractivity contribution < 1.29 is 38.1 Å². The third kappa shape index (κ3) is 9.34. The first-order valence-corrected chi connectivity index (χ1v) is 12.6. The van der Waals surface area contributed by atoms with Crippen LogP contribution in [0, 0.1) is 6.92 Å². The Labute approximate surface area is 228 Å². The minimum Gasteiger partial charge on any atom is -0.497 e. The molecule has 204 valence electrons. The fourth-order valence-electron chi connectivity index (χ4n) is 3.52. The highest BCUT2D eigenvalue weighted by Crippen LogP contribution is 2.25. The third-order valence-electron chi connectivity index (χ3n) is 5.69. The van der Waals surface area contributed by atoms with Gasteiger partial charge in [-0.15, -0.1) is 0 Å². The van der Waals surface area contributed by atoms with Crippen molar-refractivity contribution in [3.8, 4) is 23.0 Å². The minimum atomic E-state index is -0.509. The lowest BCUT2D eigenvalue weighted by molar-refractivity contribution is -0.137. The van der Waals surface area contributed by atoms with E-state index in [2.05, 4.69) is 6.58 Å². The number of rotatable bonds is 14. The van der Waals surface area contributed by atoms with Crippen molar-refractivity contribution in [2.75, 3.05) is 20.3 Å². The molecule has 0 bridgehead atoms. The minimum absolute atomic E-state index is 0.339. The van der Waals surface area contributed by atoms with Crippen LogP contribution in [0.1, 0.15) is 52.0 Å². The fourth-order valence-corrected chi connectivity index (χ4v) is 3.52. The molecule has 0 saturated heterocycles. The first-order valence-electron chi connectivity index (χ1n) is 12.6. The predicted molar refractivity (Wildman–Crippen MR) is 146 cm³/mol. The molecule has 0 atom stereocenters. The Bertz CT molecular complexity index is 1260. The van der Waals surface area contributed by atoms with Crippen molar-refractivity contribution in [1.29, 1.82) is 0 Å². The zero-order chi connectivity index (χ0) is 28.0. The maximum absolute atomic E-state index is 12.6. The molecule has 39 heavy (non-hydrogen) atoms. The zero-order valence-electron chi connectivity index (χ0n) is 22.1. The first-order chi connectivity index (χ1) is 18.9. The van der Waals surface area contributed by atoms with Gasteiger partial charge in [0.25, 0.3) is 0 Å². The molecule has 8 nitrogen and oxygen atoms in total. The number of methoxy groups -OCH3 is 1. The summed E-state index contributed by atoms with van der Waals surface area (Å²) in [5.74, 6) is 0.591. The van der Waals surface area contributed by atoms with Crippen LogP contribution >= 0.6 is 0 Å². The van der Waals surface area contributed by atoms with E-state index in [0.29, 0.717) is 52.9 Å². The summed E-state index contributed by atoms with van der Waals surface area (Å²) >= 11 is 0. The summed E-state index contributed by atoms with van der Waals surface area (Å²) in [5, 5.41) is 0. The van der Waals surface area contributed by atoms with Gasteiger partial charge in [0.05, 0.1) is 31.5 Å². The predicted octanol–water partition coefficient (Wildman–Crippen LogP) is 6.11. The van der Waals surface area contributed by atoms with Crippen LogP contribution in [-0.2, 0) is 9.53 Å². The Morgan fingerprint density at radius 2 is 1.28 bits per heavy atom. The van der Waals surface area contributed by atoms with Crippen LogP contribution < -0.4 is 18.9 Å². The van der Waals surface area contributed by atoms with Crippen molar-refractivity contribution in [2.24, 2.45) is 0 Å². The van der Waals surface area contributed by atoms with Gasteiger partial charge in [0, 0.05) is 6.08 Å². The summed E-state index contributed by atoms with van der Waals surface area (Å²) in [6.07, 6.45) is 4.71. The number of carbonyl (C=O) groups excluding carboxylic acids is 3. The molecule has 0 aliphatic rings. The maximum Gasteiger partial charge on any atom is 0.343 e. The molecule has 3 rings (SSSR count). The third-order valence-corrected chi connectivity index (χ3v) is 5.69. The summed E-state index contributed by atoms with van der Waals surface area (Å²) in [6.45, 7) is 6.06. The van der Waals surface area contributed by atoms with Gasteiger partial charge in [-0.3, -0.25) is 0 Å². The van der Waals surface area contributed by atoms with E-state index in [-0.39, 0.29) is 0 Å². The molecular weight excluding hydrogens is 500 g/mol. The van der Waals surface area contributed by atoms with Crippen LogP contribution in [0.15, 0.2) is 79.4 Å². The molecule has 0 fully saturated rings. The molecule has 3 aromatic rings. The van der Waals surface area contributed by atoms with E-state index < -0.39 is 17.9 Å². The number of unbranched alkanes of at least 4 members (excludes halogenated alkanes) is 3. The number of ether oxygens (including phenoxy) is 5. The Balaban J connectivity index is 1.42. The van der Waals surface area contributed by atoms with Crippen molar-refractivity contribution in [3.05, 3.63) is 96.1 Å². The normalized spacial score (nSPS) is 10.3. The average molecular weight is 533 g/mol. The largest absolute Gasteiger partial charge is 0.497 e. The van der Waals surface area contributed by atoms with E-state index in [1.807, 2.05) is 0 Å². The van der Waals surface area contributed by atoms with Crippen LogP contribution in [0.5, 0.6) is 23.0 Å². The molecule has 0 spiro atoms. The number of carbonyl (C=O) groups is 3. The van der Waals surface area contributed by atoms with Crippen molar-refractivity contribution in [3.63, 3.8) is 0 Å². The number of aryl methyl sites for hydroxylation is 1. The Hall–Kier alpha value is -4.59. The monoisotopic (exact) mass is 532 g/mol. The van der Waals surface area contributed by atoms with Crippen LogP contribution in [-0.4, -0.2) is 38.2 Å². The Morgan fingerprint density at radius 1 is 0.718 bits per heavy atom. The van der Waals surface area contributed by atoms with E-state index in [1.54, 1.807) is 80.8 Å². The van der Waals surface area contributed by atoms with Gasteiger partial charge in [-0.25, -0.2) is 14.4 Å². The highest BCUT2D eigenvalue weighted by Gasteiger charge is 2.13. The molecule has 8 heteroatoms. The zero-order valence-corrected chi connectivity index (χ0v) is 22.1. The average Bonchev–Trinajstić information content (AvgIpc) is 2.96. The highest BCUT2D eigenvalue weighted by atomic mass is 16.5. The molecule has 0 saturated carbocycles. The number of hydrogen-bond acceptors (Lipinski definition) is 8. The van der Waals surface area contributed by atoms with Crippen LogP contribution in [0.3, 0.4) is 0 Å². The number of hydrogen-bond donors (Lipinski definition) is 0. The standard InChI is InChI=1S/C31H32O8/c1-4-29(32)37-20-8-6-5-7-19-36-26-15-11-24(12-16-26)31(34)39-28-18-17-27(21-22(28)2)38-30(33)23-9-13-25(35-3)14-10-23/h4,9-18,21H,1,5-8,19-20H2,2-3H3. The van der Waals surface area contributed by atoms with E-state index >= 15 is 0 Å². The van der Waals surface area contributed by atoms with Crippen LogP contribution in [0.2, 0.25) is 0 Å². The molecule has 3 aromatic carbocycles. The number of esters is 3. The Morgan fingerprint density at radius 3 is 1.87 bits per heavy atom. The van der Waals surface area contributed by atoms with E-state index in [9.17, 15) is 14.4 Å². The molecule has 0 amide bonds. The molecule has 0 radical (unpaired) electrons. The molecule has 0 aliphatic carbocycles. The van der Waals surface area contributed by atoms with Crippen LogP contribution in [0.25, 0.3) is 0 Å². The van der Waals surface area contributed by atoms with Crippen molar-refractivity contribution >= 4 is 17.9 Å². The second-order valence-corrected chi connectivity index (χ2v) is 8.59. The maximum atomic E-state index is 12.6. The van der Waals surface area contributed by atoms with Gasteiger partial charge in [-0.2, -0.15) is 0 Å². The summed E-state index contributed by atoms with van der Waals surface area (Å²) in [5.41, 5.74) is 1.41. The molecule has 0 heterocycles. The van der Waals surface area contributed by atoms with Crippen molar-refractivity contribution in [1.82, 2.24) is 0 Å². The molecule has 0 aliphatic heterocycles. The molecular formula is C31H32O8. The smallest absolute Gasteiger partial charge is 0.343 e. The quantitative estimate of drug-likeness (QED) is 0.106. The first kappa shape index (κ1) is 29.0. The molecule has 0 N–H and O–H groups in total. The van der Waals surface area contributed by atoms with Crippen molar-refractivity contribution in [2.45, 2.75) is 32.6 Å². The lowest BCUT2D eigenvalue weighted by atomic mass is 10.2. The lowest BCUT2D eigenvalue weighted by Gasteiger charge is -2.11. The Kier molecular flexibility index (Phi) is 11.1. The van der Waals surface area contributed by atoms with Gasteiger partial charge in [-0.1, -0.05) is 6.58 Å². The summed E-state index contributed by atoms with van der Waals surface area (Å²) in [4.78, 5) is 36.0. The van der Waals surface area contributed by atoms with Gasteiger partial charge in [0.1, 0.15) is 23.0 Å². The fraction of sp³-hybridized carbons (Fsp3) is 0.258. The summed E-state index contributed by atoms with van der Waals surface area (Å²) < 4.78 is 26.7. The van der Waals surface area contributed by atoms with Gasteiger partial charge in [0.2, 0.25) is 0 Å². The number of benzene rings is 3. The molecule has 0 aromatic heterocycles. The van der Waals surface area contributed by atoms with E-state index in [1.165, 1.54) is 0 Å². The highest BCUT2D eigenvalue weighted by molar-refractivity contribution is 5.92. The lowest BCUT2D eigenvalue weighted by Crippen LogP contribution is -2.10. The molecule has 0 unspecified atom stereocenters. The topological polar surface area (TPSA) is 97.4 Å². The van der Waals surface area contributed by atoms with Crippen LogP contribution in [0.4, 0.5) is 0 Å². The summed E-state index contributed by atoms with van der Waals surface area (Å²) in [6, 6.07) is 18.1. The van der Waals surface area contributed by atoms with Gasteiger partial charge in [-0.05, 0) is 105 Å². The van der Waals surface area contributed by atoms with Gasteiger partial charge >= 0.3 is 17.9 Å².